The summed E-state index contributed by atoms with van der Waals surface area (Å²) in [6.45, 7) is 14.3. The lowest BCUT2D eigenvalue weighted by atomic mass is 9.93. The van der Waals surface area contributed by atoms with E-state index in [1.54, 1.807) is 78.2 Å². The van der Waals surface area contributed by atoms with Gasteiger partial charge in [-0.05, 0) is 210 Å². The number of aliphatic hydroxyl groups is 1. The summed E-state index contributed by atoms with van der Waals surface area (Å²) in [7, 11) is 9.88. The van der Waals surface area contributed by atoms with Gasteiger partial charge in [-0.25, -0.2) is 14.4 Å². The highest BCUT2D eigenvalue weighted by atomic mass is 32.1. The van der Waals surface area contributed by atoms with Crippen LogP contribution in [0.1, 0.15) is 135 Å². The highest BCUT2D eigenvalue weighted by molar-refractivity contribution is 7.18. The van der Waals surface area contributed by atoms with Gasteiger partial charge in [0.15, 0.2) is 24.6 Å². The van der Waals surface area contributed by atoms with Gasteiger partial charge in [-0.15, -0.1) is 45.3 Å². The second-order valence-corrected chi connectivity index (χ2v) is 37.4. The van der Waals surface area contributed by atoms with E-state index in [4.69, 9.17) is 58.3 Å². The SMILES string of the molecule is COC(=O)C(O)c1c(-c2ccc3c(c2)CCCO3)c(-c2csc3ccccc23)nn1C.COC(=O)C(OC(C)(C)C)c1c(-c2ccc3c(c2)CCCO3)c(-c2csc3ccccc23)nn1C.Cn1nc(-c2csc3ccccc23)c(-c2ccc3c(c2)CCCO3)c1C(OC(C)(C)C)C(=O)O.Cn1nc(-c2csc3ccccc23)c(-c2ccc3c(c2)CCCO3)c1C=O. The lowest BCUT2D eigenvalue weighted by Crippen LogP contribution is -2.29. The van der Waals surface area contributed by atoms with Gasteiger partial charge in [0, 0.05) is 135 Å². The number of nitrogens with zero attached hydrogens (tertiary/aromatic N) is 8. The zero-order valence-corrected chi connectivity index (χ0v) is 76.0. The van der Waals surface area contributed by atoms with E-state index < -0.39 is 47.4 Å². The highest BCUT2D eigenvalue weighted by Crippen LogP contribution is 2.50. The predicted molar refractivity (Wildman–Crippen MR) is 502 cm³/mol. The van der Waals surface area contributed by atoms with Crippen molar-refractivity contribution in [2.75, 3.05) is 40.6 Å². The molecule has 0 aliphatic carbocycles. The normalized spacial score (nSPS) is 14.2. The molecule has 0 amide bonds. The molecule has 8 aromatic heterocycles. The highest BCUT2D eigenvalue weighted by Gasteiger charge is 2.39. The van der Waals surface area contributed by atoms with Crippen LogP contribution >= 0.6 is 45.3 Å². The fraction of sp³-hybridized carbons (Fsp3) is 0.287. The number of aliphatic carboxylic acids is 1. The number of hydrogen-bond acceptors (Lipinski definition) is 21. The number of rotatable bonds is 17. The average Bonchev–Trinajstić information content (AvgIpc) is 1.61. The monoisotopic (exact) mass is 1770 g/mol. The molecule has 0 fully saturated rings. The fourth-order valence-electron chi connectivity index (χ4n) is 17.3. The molecule has 2 N–H and O–H groups in total. The number of carboxylic acids is 1. The Morgan fingerprint density at radius 3 is 1.02 bits per heavy atom. The number of carbonyl (C=O) groups is 4. The molecule has 650 valence electrons. The summed E-state index contributed by atoms with van der Waals surface area (Å²) >= 11 is 6.69. The van der Waals surface area contributed by atoms with Crippen LogP contribution in [-0.4, -0.2) is 125 Å². The van der Waals surface area contributed by atoms with E-state index in [0.717, 1.165) is 239 Å². The maximum atomic E-state index is 13.1. The first-order chi connectivity index (χ1) is 61.3. The van der Waals surface area contributed by atoms with E-state index in [1.165, 1.54) is 34.6 Å². The van der Waals surface area contributed by atoms with E-state index in [9.17, 15) is 29.4 Å². The third-order valence-corrected chi connectivity index (χ3v) is 26.8. The molecule has 0 radical (unpaired) electrons. The van der Waals surface area contributed by atoms with Crippen LogP contribution in [0.5, 0.6) is 23.0 Å². The number of aryl methyl sites for hydroxylation is 8. The third-order valence-electron chi connectivity index (χ3n) is 23.0. The second-order valence-electron chi connectivity index (χ2n) is 33.7. The van der Waals surface area contributed by atoms with Crippen molar-refractivity contribution >= 4 is 110 Å². The molecule has 0 saturated carbocycles. The Bertz CT molecular complexity index is 6860. The molecule has 20 rings (SSSR count). The molecule has 3 atom stereocenters. The number of aliphatic hydroxyl groups excluding tert-OH is 1. The second kappa shape index (κ2) is 36.5. The van der Waals surface area contributed by atoms with Crippen molar-refractivity contribution in [2.45, 2.75) is 122 Å². The molecule has 0 bridgehead atoms. The van der Waals surface area contributed by atoms with Crippen LogP contribution in [0.2, 0.25) is 0 Å². The number of carboxylic acid groups (broad SMARTS) is 1. The quantitative estimate of drug-likeness (QED) is 0.0634. The maximum absolute atomic E-state index is 13.1. The molecule has 16 aromatic rings. The molecular formula is C101H98N8O14S4. The smallest absolute Gasteiger partial charge is 0.341 e. The summed E-state index contributed by atoms with van der Waals surface area (Å²) in [5.74, 6) is 1.44. The summed E-state index contributed by atoms with van der Waals surface area (Å²) in [6.07, 6.45) is 5.09. The number of aromatic nitrogens is 8. The Hall–Kier alpha value is -12.4. The topological polar surface area (TPSA) is 254 Å². The van der Waals surface area contributed by atoms with Crippen LogP contribution < -0.4 is 18.9 Å². The van der Waals surface area contributed by atoms with E-state index >= 15 is 0 Å². The summed E-state index contributed by atoms with van der Waals surface area (Å²) in [6, 6.07) is 57.5. The first-order valence-electron chi connectivity index (χ1n) is 42.4. The molecule has 0 saturated heterocycles. The minimum Gasteiger partial charge on any atom is -0.493 e. The van der Waals surface area contributed by atoms with Gasteiger partial charge in [0.05, 0.1) is 68.9 Å². The van der Waals surface area contributed by atoms with Gasteiger partial charge in [0.25, 0.3) is 0 Å². The molecule has 3 unspecified atom stereocenters. The van der Waals surface area contributed by atoms with Gasteiger partial charge < -0.3 is 48.1 Å². The van der Waals surface area contributed by atoms with Crippen molar-refractivity contribution in [1.82, 2.24) is 39.1 Å². The van der Waals surface area contributed by atoms with Crippen LogP contribution in [0.3, 0.4) is 0 Å². The lowest BCUT2D eigenvalue weighted by Gasteiger charge is -2.27. The van der Waals surface area contributed by atoms with Crippen LogP contribution in [0.25, 0.3) is 130 Å². The molecule has 26 heteroatoms. The third kappa shape index (κ3) is 17.6. The van der Waals surface area contributed by atoms with Gasteiger partial charge >= 0.3 is 17.9 Å². The van der Waals surface area contributed by atoms with Gasteiger partial charge in [-0.2, -0.15) is 20.4 Å². The Morgan fingerprint density at radius 1 is 0.402 bits per heavy atom. The van der Waals surface area contributed by atoms with Crippen molar-refractivity contribution < 1.29 is 67.3 Å². The molecule has 4 aliphatic rings. The Kier molecular flexibility index (Phi) is 24.9. The van der Waals surface area contributed by atoms with Crippen LogP contribution in [0, 0.1) is 0 Å². The van der Waals surface area contributed by atoms with Crippen molar-refractivity contribution in [3.05, 3.63) is 236 Å². The zero-order chi connectivity index (χ0) is 88.7. The molecule has 8 aromatic carbocycles. The van der Waals surface area contributed by atoms with Gasteiger partial charge in [-0.3, -0.25) is 23.5 Å². The zero-order valence-electron chi connectivity index (χ0n) is 72.8. The largest absolute Gasteiger partial charge is 0.493 e. The molecule has 12 heterocycles. The van der Waals surface area contributed by atoms with Crippen molar-refractivity contribution in [3.63, 3.8) is 0 Å². The number of esters is 2. The van der Waals surface area contributed by atoms with E-state index in [2.05, 4.69) is 94.3 Å². The molecule has 0 spiro atoms. The maximum Gasteiger partial charge on any atom is 0.341 e. The Balaban J connectivity index is 0.000000120. The molecule has 4 aliphatic heterocycles. The minimum atomic E-state index is -1.44. The number of methoxy groups -OCH3 is 2. The van der Waals surface area contributed by atoms with Crippen molar-refractivity contribution in [1.29, 1.82) is 0 Å². The molecular weight excluding hydrogens is 1680 g/mol. The van der Waals surface area contributed by atoms with Crippen LogP contribution in [-0.2, 0) is 87.2 Å². The predicted octanol–water partition coefficient (Wildman–Crippen LogP) is 22.2. The van der Waals surface area contributed by atoms with Crippen molar-refractivity contribution in [3.8, 4) is 113 Å². The summed E-state index contributed by atoms with van der Waals surface area (Å²) in [5.41, 5.74) is 19.9. The number of benzene rings is 8. The number of carbonyl (C=O) groups excluding carboxylic acids is 3. The van der Waals surface area contributed by atoms with Crippen LogP contribution in [0.15, 0.2) is 191 Å². The molecule has 127 heavy (non-hydrogen) atoms. The number of ether oxygens (including phenoxy) is 8. The minimum absolute atomic E-state index is 0.411. The van der Waals surface area contributed by atoms with Gasteiger partial charge in [0.2, 0.25) is 0 Å². The average molecular weight is 1780 g/mol. The number of thiophene rings is 4. The first kappa shape index (κ1) is 86.7. The van der Waals surface area contributed by atoms with E-state index in [1.807, 2.05) is 153 Å². The standard InChI is InChI=1S/C28H30N2O4S.C27H28N2O4S.C24H22N2O4S.C22H18N2O2S/c1-28(2,3)34-26(27(31)32-5)25-23(18-12-13-21-17(15-18)9-8-14-33-21)24(29-30(25)4)20-16-35-22-11-7-6-10-19(20)22;1-27(2,3)33-25(26(30)31)24-22(17-11-12-20-16(14-17)8-7-13-32-20)23(28-29(24)4)19-15-34-21-10-6-5-9-18(19)21;1-26-22(23(27)24(28)29-2)20(15-9-10-18-14(12-15)6-5-11-30-18)21(25-26)17-13-31-19-8-4-3-7-16(17)19;1-24-18(12-25)21(15-8-9-19-14(11-15)5-4-10-26-19)22(23-24)17-13-27-20-7-3-2-6-16(17)20/h6-7,10-13,15-16,26H,8-9,14H2,1-5H3;5-6,9-12,14-15,25H,7-8,13H2,1-4H3,(H,30,31);3-4,7-10,12-13,23,27H,5-6,11H2,1-2H3;2-3,6-9,11-13H,4-5,10H2,1H3. The van der Waals surface area contributed by atoms with E-state index in [0.29, 0.717) is 22.8 Å². The molecule has 22 nitrogen and oxygen atoms in total. The van der Waals surface area contributed by atoms with E-state index in [-0.39, 0.29) is 0 Å². The summed E-state index contributed by atoms with van der Waals surface area (Å²) < 4.78 is 57.0. The van der Waals surface area contributed by atoms with Gasteiger partial charge in [-0.1, -0.05) is 97.1 Å². The number of hydrogen-bond donors (Lipinski definition) is 2. The fourth-order valence-corrected chi connectivity index (χ4v) is 21.1. The Labute approximate surface area is 751 Å². The summed E-state index contributed by atoms with van der Waals surface area (Å²) in [4.78, 5) is 49.7. The lowest BCUT2D eigenvalue weighted by molar-refractivity contribution is -0.165. The number of fused-ring (bicyclic) bond motifs is 8. The summed E-state index contributed by atoms with van der Waals surface area (Å²) in [5, 5.41) is 53.3. The first-order valence-corrected chi connectivity index (χ1v) is 45.9. The van der Waals surface area contributed by atoms with Crippen molar-refractivity contribution in [2.24, 2.45) is 28.2 Å². The van der Waals surface area contributed by atoms with Gasteiger partial charge in [0.1, 0.15) is 51.5 Å². The number of aldehydes is 1. The Morgan fingerprint density at radius 2 is 0.693 bits per heavy atom. The van der Waals surface area contributed by atoms with Crippen LogP contribution in [0.4, 0.5) is 0 Å².